The Morgan fingerprint density at radius 3 is 2.52 bits per heavy atom. The molecular weight excluding hydrogens is 422 g/mol. The van der Waals surface area contributed by atoms with Crippen LogP contribution in [0.3, 0.4) is 0 Å². The lowest BCUT2D eigenvalue weighted by Crippen LogP contribution is -2.51. The molecule has 3 atom stereocenters. The summed E-state index contributed by atoms with van der Waals surface area (Å²) in [5.41, 5.74) is 0.325. The van der Waals surface area contributed by atoms with Gasteiger partial charge in [0.05, 0.1) is 24.1 Å². The number of carbonyl (C=O) groups excluding carboxylic acids is 2. The first-order valence-corrected chi connectivity index (χ1v) is 11.3. The lowest BCUT2D eigenvalue weighted by molar-refractivity contribution is -0.128. The van der Waals surface area contributed by atoms with Gasteiger partial charge in [0, 0.05) is 22.4 Å². The summed E-state index contributed by atoms with van der Waals surface area (Å²) < 4.78 is 34.1. The molecule has 2 aromatic rings. The number of rotatable bonds is 5. The molecule has 8 heteroatoms. The van der Waals surface area contributed by atoms with Crippen LogP contribution in [0.2, 0.25) is 0 Å². The van der Waals surface area contributed by atoms with Crippen LogP contribution in [0.25, 0.3) is 0 Å². The fourth-order valence-corrected chi connectivity index (χ4v) is 5.12. The second-order valence-corrected chi connectivity index (χ2v) is 9.76. The van der Waals surface area contributed by atoms with Crippen molar-refractivity contribution in [3.05, 3.63) is 56.8 Å². The number of hydrogen-bond donors (Lipinski definition) is 1. The first-order chi connectivity index (χ1) is 14.8. The van der Waals surface area contributed by atoms with Crippen molar-refractivity contribution in [1.82, 2.24) is 10.2 Å². The van der Waals surface area contributed by atoms with Crippen LogP contribution in [0, 0.1) is 31.4 Å². The highest BCUT2D eigenvalue weighted by Crippen LogP contribution is 2.33. The van der Waals surface area contributed by atoms with Crippen molar-refractivity contribution in [3.8, 4) is 0 Å². The Kier molecular flexibility index (Phi) is 6.12. The van der Waals surface area contributed by atoms with Gasteiger partial charge in [0.15, 0.2) is 0 Å². The van der Waals surface area contributed by atoms with Gasteiger partial charge in [-0.15, -0.1) is 11.3 Å². The molecule has 2 fully saturated rings. The zero-order valence-electron chi connectivity index (χ0n) is 17.8. The summed E-state index contributed by atoms with van der Waals surface area (Å²) in [5.74, 6) is -1.74. The monoisotopic (exact) mass is 448 g/mol. The molecule has 2 saturated heterocycles. The minimum Gasteiger partial charge on any atom is -0.381 e. The maximum absolute atomic E-state index is 14.7. The Morgan fingerprint density at radius 2 is 1.90 bits per heavy atom. The molecule has 2 aliphatic rings. The van der Waals surface area contributed by atoms with Gasteiger partial charge in [-0.3, -0.25) is 9.59 Å². The van der Waals surface area contributed by atoms with Crippen LogP contribution in [0.1, 0.15) is 51.5 Å². The van der Waals surface area contributed by atoms with E-state index >= 15 is 0 Å². The SMILES string of the molecule is Cc1ccc(C(=O)N2[C@H](C)CC[C@@H]2C(=O)N[C@@H](c2cc(F)c(C)cc2F)C2COC2)s1. The number of nitrogens with zero attached hydrogens (tertiary/aromatic N) is 1. The third kappa shape index (κ3) is 4.23. The maximum atomic E-state index is 14.7. The molecule has 1 aromatic carbocycles. The van der Waals surface area contributed by atoms with Crippen LogP contribution >= 0.6 is 11.3 Å². The summed E-state index contributed by atoms with van der Waals surface area (Å²) in [6, 6.07) is 4.53. The van der Waals surface area contributed by atoms with Crippen LogP contribution in [-0.4, -0.2) is 42.0 Å². The second kappa shape index (κ2) is 8.67. The van der Waals surface area contributed by atoms with Crippen LogP contribution < -0.4 is 5.32 Å². The van der Waals surface area contributed by atoms with E-state index in [1.807, 2.05) is 19.9 Å². The van der Waals surface area contributed by atoms with E-state index in [4.69, 9.17) is 4.74 Å². The Labute approximate surface area is 184 Å². The molecule has 2 aliphatic heterocycles. The number of hydrogen-bond acceptors (Lipinski definition) is 4. The zero-order chi connectivity index (χ0) is 22.3. The largest absolute Gasteiger partial charge is 0.381 e. The Bertz CT molecular complexity index is 1000. The van der Waals surface area contributed by atoms with E-state index in [-0.39, 0.29) is 34.9 Å². The molecular formula is C23H26F2N2O3S. The third-order valence-corrected chi connectivity index (χ3v) is 7.19. The van der Waals surface area contributed by atoms with E-state index in [0.29, 0.717) is 30.9 Å². The van der Waals surface area contributed by atoms with Gasteiger partial charge in [-0.1, -0.05) is 0 Å². The number of amides is 2. The van der Waals surface area contributed by atoms with Crippen LogP contribution in [0.5, 0.6) is 0 Å². The minimum atomic E-state index is -0.715. The molecule has 0 saturated carbocycles. The average Bonchev–Trinajstić information content (AvgIpc) is 3.28. The molecule has 0 unspecified atom stereocenters. The third-order valence-electron chi connectivity index (χ3n) is 6.20. The standard InChI is InChI=1S/C23H26F2N2O3S/c1-12-8-18(25)16(9-17(12)24)21(15-10-30-11-15)26-22(28)19-6-4-13(2)27(19)23(29)20-7-5-14(3)31-20/h5,7-9,13,15,19,21H,4,6,10-11H2,1-3H3,(H,26,28)/t13-,19-,21-/m1/s1. The minimum absolute atomic E-state index is 0.0790. The smallest absolute Gasteiger partial charge is 0.264 e. The summed E-state index contributed by atoms with van der Waals surface area (Å²) >= 11 is 1.40. The lowest BCUT2D eigenvalue weighted by Gasteiger charge is -2.36. The molecule has 3 heterocycles. The molecule has 0 spiro atoms. The van der Waals surface area contributed by atoms with Crippen molar-refractivity contribution in [2.45, 2.75) is 51.7 Å². The fraction of sp³-hybridized carbons (Fsp3) is 0.478. The van der Waals surface area contributed by atoms with Crippen molar-refractivity contribution in [1.29, 1.82) is 0 Å². The van der Waals surface area contributed by atoms with Crippen molar-refractivity contribution in [2.24, 2.45) is 5.92 Å². The normalized spacial score (nSPS) is 22.3. The first-order valence-electron chi connectivity index (χ1n) is 10.5. The van der Waals surface area contributed by atoms with E-state index < -0.39 is 23.7 Å². The molecule has 1 N–H and O–H groups in total. The van der Waals surface area contributed by atoms with Gasteiger partial charge in [-0.2, -0.15) is 0 Å². The van der Waals surface area contributed by atoms with Crippen molar-refractivity contribution >= 4 is 23.2 Å². The topological polar surface area (TPSA) is 58.6 Å². The average molecular weight is 449 g/mol. The highest BCUT2D eigenvalue weighted by Gasteiger charge is 2.42. The number of benzene rings is 1. The quantitative estimate of drug-likeness (QED) is 0.748. The molecule has 5 nitrogen and oxygen atoms in total. The molecule has 0 radical (unpaired) electrons. The van der Waals surface area contributed by atoms with E-state index in [1.165, 1.54) is 18.3 Å². The zero-order valence-corrected chi connectivity index (χ0v) is 18.6. The fourth-order valence-electron chi connectivity index (χ4n) is 4.31. The van der Waals surface area contributed by atoms with Gasteiger partial charge < -0.3 is 15.0 Å². The molecule has 1 aromatic heterocycles. The Balaban J connectivity index is 1.58. The number of thiophene rings is 1. The number of carbonyl (C=O) groups is 2. The molecule has 166 valence electrons. The summed E-state index contributed by atoms with van der Waals surface area (Å²) in [6.45, 7) is 6.07. The summed E-state index contributed by atoms with van der Waals surface area (Å²) in [5, 5.41) is 2.91. The van der Waals surface area contributed by atoms with Crippen molar-refractivity contribution in [2.75, 3.05) is 13.2 Å². The van der Waals surface area contributed by atoms with Crippen LogP contribution in [-0.2, 0) is 9.53 Å². The number of halogens is 2. The van der Waals surface area contributed by atoms with E-state index in [9.17, 15) is 18.4 Å². The molecule has 31 heavy (non-hydrogen) atoms. The molecule has 2 amide bonds. The number of likely N-dealkylation sites (tertiary alicyclic amines) is 1. The number of nitrogens with one attached hydrogen (secondary N) is 1. The number of aryl methyl sites for hydroxylation is 2. The van der Waals surface area contributed by atoms with Gasteiger partial charge >= 0.3 is 0 Å². The van der Waals surface area contributed by atoms with E-state index in [1.54, 1.807) is 11.0 Å². The van der Waals surface area contributed by atoms with Gasteiger partial charge in [-0.25, -0.2) is 8.78 Å². The first kappa shape index (κ1) is 21.9. The predicted octanol–water partition coefficient (Wildman–Crippen LogP) is 4.14. The maximum Gasteiger partial charge on any atom is 0.264 e. The highest BCUT2D eigenvalue weighted by molar-refractivity contribution is 7.13. The van der Waals surface area contributed by atoms with Crippen molar-refractivity contribution < 1.29 is 23.1 Å². The van der Waals surface area contributed by atoms with E-state index in [0.717, 1.165) is 17.0 Å². The van der Waals surface area contributed by atoms with Crippen LogP contribution in [0.4, 0.5) is 8.78 Å². The molecule has 0 aliphatic carbocycles. The molecule has 0 bridgehead atoms. The molecule has 4 rings (SSSR count). The predicted molar refractivity (Wildman–Crippen MR) is 114 cm³/mol. The Morgan fingerprint density at radius 1 is 1.16 bits per heavy atom. The van der Waals surface area contributed by atoms with Crippen molar-refractivity contribution in [3.63, 3.8) is 0 Å². The van der Waals surface area contributed by atoms with Gasteiger partial charge in [-0.05, 0) is 63.4 Å². The van der Waals surface area contributed by atoms with Gasteiger partial charge in [0.2, 0.25) is 5.91 Å². The summed E-state index contributed by atoms with van der Waals surface area (Å²) in [4.78, 5) is 29.6. The second-order valence-electron chi connectivity index (χ2n) is 8.47. The Hall–Kier alpha value is -2.32. The number of ether oxygens (including phenoxy) is 1. The van der Waals surface area contributed by atoms with E-state index in [2.05, 4.69) is 5.32 Å². The summed E-state index contributed by atoms with van der Waals surface area (Å²) in [6.07, 6.45) is 1.24. The van der Waals surface area contributed by atoms with Crippen LogP contribution in [0.15, 0.2) is 24.3 Å². The lowest BCUT2D eigenvalue weighted by atomic mass is 9.90. The summed E-state index contributed by atoms with van der Waals surface area (Å²) in [7, 11) is 0. The van der Waals surface area contributed by atoms with Gasteiger partial charge in [0.1, 0.15) is 17.7 Å². The van der Waals surface area contributed by atoms with Gasteiger partial charge in [0.25, 0.3) is 5.91 Å². The highest BCUT2D eigenvalue weighted by atomic mass is 32.1.